The standard InChI is InChI=1S/C22H16N4S2/c1-13-7-9-24-18(13)11-19(23-2)14-5-6-17-20(10-14)28-22(26-17)16-12-27-21-15(16)4-3-8-25-21/h3-12,24H,2H2,1H3/b19-11-. The summed E-state index contributed by atoms with van der Waals surface area (Å²) in [7, 11) is 0. The number of nitrogens with zero attached hydrogens (tertiary/aromatic N) is 3. The molecule has 0 aliphatic heterocycles. The topological polar surface area (TPSA) is 53.9 Å². The molecule has 0 radical (unpaired) electrons. The molecule has 0 fully saturated rings. The average Bonchev–Trinajstić information content (AvgIpc) is 3.43. The molecule has 0 bridgehead atoms. The number of H-pyrrole nitrogens is 1. The lowest BCUT2D eigenvalue weighted by molar-refractivity contribution is 1.34. The van der Waals surface area contributed by atoms with E-state index in [0.29, 0.717) is 0 Å². The van der Waals surface area contributed by atoms with Crippen LogP contribution >= 0.6 is 22.7 Å². The Kier molecular flexibility index (Phi) is 4.15. The van der Waals surface area contributed by atoms with Crippen LogP contribution in [0.2, 0.25) is 0 Å². The summed E-state index contributed by atoms with van der Waals surface area (Å²) in [6, 6.07) is 12.4. The van der Waals surface area contributed by atoms with Crippen LogP contribution in [0, 0.1) is 6.92 Å². The van der Waals surface area contributed by atoms with Crippen molar-refractivity contribution in [3.8, 4) is 10.6 Å². The highest BCUT2D eigenvalue weighted by Crippen LogP contribution is 2.38. The maximum absolute atomic E-state index is 4.85. The van der Waals surface area contributed by atoms with E-state index >= 15 is 0 Å². The summed E-state index contributed by atoms with van der Waals surface area (Å²) in [5, 5.41) is 4.31. The molecular formula is C22H16N4S2. The van der Waals surface area contributed by atoms with Gasteiger partial charge in [0, 0.05) is 40.0 Å². The lowest BCUT2D eigenvalue weighted by Crippen LogP contribution is -1.83. The number of thiazole rings is 1. The van der Waals surface area contributed by atoms with Crippen LogP contribution in [0.4, 0.5) is 0 Å². The molecule has 1 N–H and O–H groups in total. The number of nitrogens with one attached hydrogen (secondary N) is 1. The summed E-state index contributed by atoms with van der Waals surface area (Å²) in [5.41, 5.74) is 6.24. The van der Waals surface area contributed by atoms with Crippen LogP contribution in [-0.4, -0.2) is 21.7 Å². The van der Waals surface area contributed by atoms with Gasteiger partial charge in [-0.1, -0.05) is 6.07 Å². The number of rotatable bonds is 4. The summed E-state index contributed by atoms with van der Waals surface area (Å²) in [6.07, 6.45) is 5.79. The van der Waals surface area contributed by atoms with E-state index in [2.05, 4.69) is 58.2 Å². The molecular weight excluding hydrogens is 384 g/mol. The molecule has 4 aromatic heterocycles. The second kappa shape index (κ2) is 6.82. The number of benzene rings is 1. The van der Waals surface area contributed by atoms with E-state index in [4.69, 9.17) is 4.98 Å². The minimum Gasteiger partial charge on any atom is -0.361 e. The highest BCUT2D eigenvalue weighted by atomic mass is 32.1. The first-order chi connectivity index (χ1) is 13.7. The smallest absolute Gasteiger partial charge is 0.126 e. The molecule has 6 heteroatoms. The van der Waals surface area contributed by atoms with E-state index in [-0.39, 0.29) is 0 Å². The number of fused-ring (bicyclic) bond motifs is 2. The number of aryl methyl sites for hydroxylation is 1. The van der Waals surface area contributed by atoms with Crippen LogP contribution in [0.3, 0.4) is 0 Å². The predicted octanol–water partition coefficient (Wildman–Crippen LogP) is 6.41. The van der Waals surface area contributed by atoms with Gasteiger partial charge in [0.05, 0.1) is 15.9 Å². The number of aromatic nitrogens is 3. The minimum absolute atomic E-state index is 0.840. The molecule has 0 unspecified atom stereocenters. The van der Waals surface area contributed by atoms with Crippen LogP contribution in [0.1, 0.15) is 16.8 Å². The van der Waals surface area contributed by atoms with Crippen molar-refractivity contribution in [2.45, 2.75) is 6.92 Å². The van der Waals surface area contributed by atoms with Crippen molar-refractivity contribution in [2.24, 2.45) is 4.99 Å². The molecule has 0 saturated carbocycles. The third kappa shape index (κ3) is 2.87. The van der Waals surface area contributed by atoms with Crippen LogP contribution < -0.4 is 0 Å². The van der Waals surface area contributed by atoms with Gasteiger partial charge in [-0.05, 0) is 55.6 Å². The SMILES string of the molecule is C=N/C(=C\c1[nH]ccc1C)c1ccc2nc(-c3csc4ncccc34)sc2c1. The van der Waals surface area contributed by atoms with Gasteiger partial charge in [0.1, 0.15) is 9.84 Å². The van der Waals surface area contributed by atoms with Crippen LogP contribution in [0.15, 0.2) is 59.2 Å². The van der Waals surface area contributed by atoms with Gasteiger partial charge >= 0.3 is 0 Å². The highest BCUT2D eigenvalue weighted by Gasteiger charge is 2.13. The van der Waals surface area contributed by atoms with Gasteiger partial charge in [0.25, 0.3) is 0 Å². The second-order valence-electron chi connectivity index (χ2n) is 6.47. The molecule has 4 heterocycles. The number of pyridine rings is 1. The number of thiophene rings is 1. The average molecular weight is 401 g/mol. The summed E-state index contributed by atoms with van der Waals surface area (Å²) in [6.45, 7) is 5.83. The molecule has 136 valence electrons. The molecule has 0 amide bonds. The van der Waals surface area contributed by atoms with Crippen molar-refractivity contribution in [3.63, 3.8) is 0 Å². The van der Waals surface area contributed by atoms with Gasteiger partial charge in [-0.3, -0.25) is 4.99 Å². The minimum atomic E-state index is 0.840. The number of aliphatic imine (C=N–C) groups is 1. The van der Waals surface area contributed by atoms with Crippen molar-refractivity contribution in [1.29, 1.82) is 0 Å². The molecule has 5 aromatic rings. The Morgan fingerprint density at radius 2 is 2.18 bits per heavy atom. The third-order valence-electron chi connectivity index (χ3n) is 4.71. The Balaban J connectivity index is 1.59. The van der Waals surface area contributed by atoms with E-state index in [0.717, 1.165) is 48.0 Å². The van der Waals surface area contributed by atoms with Crippen molar-refractivity contribution < 1.29 is 0 Å². The van der Waals surface area contributed by atoms with Gasteiger partial charge < -0.3 is 4.98 Å². The predicted molar refractivity (Wildman–Crippen MR) is 121 cm³/mol. The normalized spacial score (nSPS) is 12.1. The quantitative estimate of drug-likeness (QED) is 0.354. The first-order valence-electron chi connectivity index (χ1n) is 8.79. The largest absolute Gasteiger partial charge is 0.361 e. The zero-order valence-corrected chi connectivity index (χ0v) is 16.8. The Bertz CT molecular complexity index is 1350. The lowest BCUT2D eigenvalue weighted by Gasteiger charge is -2.02. The van der Waals surface area contributed by atoms with Crippen molar-refractivity contribution in [1.82, 2.24) is 15.0 Å². The molecule has 1 aromatic carbocycles. The van der Waals surface area contributed by atoms with E-state index in [1.165, 1.54) is 5.56 Å². The molecule has 5 rings (SSSR count). The number of hydrogen-bond acceptors (Lipinski definition) is 5. The van der Waals surface area contributed by atoms with Crippen LogP contribution in [-0.2, 0) is 0 Å². The molecule has 0 saturated heterocycles. The Morgan fingerprint density at radius 1 is 1.25 bits per heavy atom. The number of aromatic amines is 1. The van der Waals surface area contributed by atoms with E-state index in [1.807, 2.05) is 30.6 Å². The van der Waals surface area contributed by atoms with Gasteiger partial charge in [-0.25, -0.2) is 9.97 Å². The van der Waals surface area contributed by atoms with E-state index in [1.54, 1.807) is 22.7 Å². The van der Waals surface area contributed by atoms with Crippen LogP contribution in [0.25, 0.3) is 42.8 Å². The maximum atomic E-state index is 4.85. The molecule has 28 heavy (non-hydrogen) atoms. The van der Waals surface area contributed by atoms with Crippen molar-refractivity contribution in [3.05, 3.63) is 71.0 Å². The molecule has 0 aliphatic carbocycles. The van der Waals surface area contributed by atoms with Gasteiger partial charge in [0.15, 0.2) is 0 Å². The maximum Gasteiger partial charge on any atom is 0.126 e. The summed E-state index contributed by atoms with van der Waals surface area (Å²) in [4.78, 5) is 17.8. The second-order valence-corrected chi connectivity index (χ2v) is 8.36. The molecule has 4 nitrogen and oxygen atoms in total. The fraction of sp³-hybridized carbons (Fsp3) is 0.0455. The lowest BCUT2D eigenvalue weighted by atomic mass is 10.1. The van der Waals surface area contributed by atoms with E-state index < -0.39 is 0 Å². The van der Waals surface area contributed by atoms with Crippen molar-refractivity contribution in [2.75, 3.05) is 0 Å². The number of hydrogen-bond donors (Lipinski definition) is 1. The summed E-state index contributed by atoms with van der Waals surface area (Å²) < 4.78 is 1.13. The Hall–Kier alpha value is -3.09. The highest BCUT2D eigenvalue weighted by molar-refractivity contribution is 7.22. The Labute approximate surface area is 170 Å². The fourth-order valence-electron chi connectivity index (χ4n) is 3.21. The first-order valence-corrected chi connectivity index (χ1v) is 10.5. The molecule has 0 atom stereocenters. The van der Waals surface area contributed by atoms with Gasteiger partial charge in [0.2, 0.25) is 0 Å². The van der Waals surface area contributed by atoms with Crippen LogP contribution in [0.5, 0.6) is 0 Å². The monoisotopic (exact) mass is 400 g/mol. The fourth-order valence-corrected chi connectivity index (χ4v) is 5.21. The zero-order valence-electron chi connectivity index (χ0n) is 15.1. The molecule has 0 spiro atoms. The summed E-state index contributed by atoms with van der Waals surface area (Å²) in [5.74, 6) is 0. The molecule has 0 aliphatic rings. The Morgan fingerprint density at radius 3 is 3.00 bits per heavy atom. The first kappa shape index (κ1) is 17.0. The van der Waals surface area contributed by atoms with E-state index in [9.17, 15) is 0 Å². The van der Waals surface area contributed by atoms with Crippen molar-refractivity contribution >= 4 is 61.6 Å². The van der Waals surface area contributed by atoms with Gasteiger partial charge in [-0.15, -0.1) is 22.7 Å². The zero-order chi connectivity index (χ0) is 19.1. The third-order valence-corrected chi connectivity index (χ3v) is 6.67. The van der Waals surface area contributed by atoms with Gasteiger partial charge in [-0.2, -0.15) is 0 Å². The summed E-state index contributed by atoms with van der Waals surface area (Å²) >= 11 is 3.35.